The van der Waals surface area contributed by atoms with Gasteiger partial charge in [-0.25, -0.2) is 0 Å². The molecule has 0 radical (unpaired) electrons. The van der Waals surface area contributed by atoms with Crippen molar-refractivity contribution < 1.29 is 31.6 Å². The minimum absolute atomic E-state index is 0.282. The van der Waals surface area contributed by atoms with Crippen LogP contribution < -0.4 is 0 Å². The number of alkyl halides is 3. The van der Waals surface area contributed by atoms with Gasteiger partial charge in [0.15, 0.2) is 0 Å². The molecule has 2 unspecified atom stereocenters. The van der Waals surface area contributed by atoms with Crippen LogP contribution in [0.2, 0.25) is 38.8 Å². The molecule has 25 heavy (non-hydrogen) atoms. The maximum Gasteiger partial charge on any atom is 0.388 e. The third-order valence-corrected chi connectivity index (χ3v) is 13.2. The lowest BCUT2D eigenvalue weighted by molar-refractivity contribution is -0.131. The van der Waals surface area contributed by atoms with Crippen molar-refractivity contribution in [2.45, 2.75) is 82.6 Å². The molecule has 0 aliphatic carbocycles. The largest absolute Gasteiger partial charge is 0.428 e. The molecular formula is C15H31F3O4Si3. The number of hydrogen-bond acceptors (Lipinski definition) is 4. The first-order valence-electron chi connectivity index (χ1n) is 8.08. The third-order valence-electron chi connectivity index (χ3n) is 4.54. The van der Waals surface area contributed by atoms with Crippen LogP contribution in [0.15, 0.2) is 0 Å². The molecule has 0 aliphatic rings. The Morgan fingerprint density at radius 3 is 1.68 bits per heavy atom. The van der Waals surface area contributed by atoms with Crippen LogP contribution in [0, 0.1) is 12.3 Å². The molecule has 148 valence electrons. The van der Waals surface area contributed by atoms with E-state index in [4.69, 9.17) is 15.3 Å². The smallest absolute Gasteiger partial charge is 0.388 e. The highest BCUT2D eigenvalue weighted by Gasteiger charge is 2.56. The summed E-state index contributed by atoms with van der Waals surface area (Å²) in [6, 6.07) is -0.282. The zero-order chi connectivity index (χ0) is 20.5. The lowest BCUT2D eigenvalue weighted by Gasteiger charge is -2.49. The standard InChI is InChI=1S/C15H31F3O4Si3/c1-10-14(4,23(5,6)19)22-25(9,12-11-15(16,17)18)13(2,3)21-24(7,8)20/h1,19-20H,11-12H2,2-9H3. The van der Waals surface area contributed by atoms with E-state index in [-0.39, 0.29) is 6.04 Å². The van der Waals surface area contributed by atoms with E-state index < -0.39 is 48.2 Å². The average Bonchev–Trinajstić information content (AvgIpc) is 2.31. The Balaban J connectivity index is 5.97. The third kappa shape index (κ3) is 7.16. The van der Waals surface area contributed by atoms with Crippen LogP contribution in [0.25, 0.3) is 0 Å². The first kappa shape index (κ1) is 24.8. The summed E-state index contributed by atoms with van der Waals surface area (Å²) in [6.07, 6.45) is 0.185. The molecule has 0 spiro atoms. The molecule has 0 aromatic heterocycles. The Morgan fingerprint density at radius 2 is 1.40 bits per heavy atom. The van der Waals surface area contributed by atoms with Crippen molar-refractivity contribution in [3.05, 3.63) is 0 Å². The first-order valence-corrected chi connectivity index (χ1v) is 16.5. The fourth-order valence-electron chi connectivity index (χ4n) is 2.37. The summed E-state index contributed by atoms with van der Waals surface area (Å²) in [5.74, 6) is 2.44. The number of halogens is 3. The molecular weight excluding hydrogens is 385 g/mol. The first-order chi connectivity index (χ1) is 10.7. The molecule has 0 fully saturated rings. The highest BCUT2D eigenvalue weighted by Crippen LogP contribution is 2.39. The van der Waals surface area contributed by atoms with E-state index in [0.29, 0.717) is 0 Å². The van der Waals surface area contributed by atoms with Crippen molar-refractivity contribution in [2.24, 2.45) is 0 Å². The van der Waals surface area contributed by atoms with Crippen LogP contribution in [0.3, 0.4) is 0 Å². The van der Waals surface area contributed by atoms with Gasteiger partial charge in [0.05, 0.1) is 5.22 Å². The Labute approximate surface area is 152 Å². The van der Waals surface area contributed by atoms with Gasteiger partial charge in [-0.3, -0.25) is 0 Å². The minimum Gasteiger partial charge on any atom is -0.428 e. The summed E-state index contributed by atoms with van der Waals surface area (Å²) in [6.45, 7) is 12.7. The fourth-order valence-corrected chi connectivity index (χ4v) is 9.93. The van der Waals surface area contributed by atoms with E-state index in [1.54, 1.807) is 46.6 Å². The lowest BCUT2D eigenvalue weighted by Crippen LogP contribution is -2.67. The SMILES string of the molecule is C#CC(C)(O[Si](C)(CCC(F)(F)F)C(C)(C)O[Si](C)(C)O)[Si](C)(C)O. The van der Waals surface area contributed by atoms with Crippen molar-refractivity contribution in [3.8, 4) is 12.3 Å². The maximum absolute atomic E-state index is 12.9. The van der Waals surface area contributed by atoms with Gasteiger partial charge in [-0.15, -0.1) is 6.42 Å². The van der Waals surface area contributed by atoms with Gasteiger partial charge in [-0.2, -0.15) is 13.2 Å². The molecule has 0 aromatic carbocycles. The second-order valence-corrected chi connectivity index (χ2v) is 19.8. The summed E-state index contributed by atoms with van der Waals surface area (Å²) in [5, 5.41) is -2.48. The summed E-state index contributed by atoms with van der Waals surface area (Å²) in [7, 11) is -9.38. The quantitative estimate of drug-likeness (QED) is 0.468. The predicted octanol–water partition coefficient (Wildman–Crippen LogP) is 3.69. The molecule has 0 bridgehead atoms. The lowest BCUT2D eigenvalue weighted by atomic mass is 10.4. The molecule has 0 aromatic rings. The van der Waals surface area contributed by atoms with Gasteiger partial charge in [-0.1, -0.05) is 5.92 Å². The fraction of sp³-hybridized carbons (Fsp3) is 0.867. The Morgan fingerprint density at radius 1 is 0.960 bits per heavy atom. The van der Waals surface area contributed by atoms with Gasteiger partial charge < -0.3 is 18.4 Å². The average molecular weight is 417 g/mol. The van der Waals surface area contributed by atoms with Crippen molar-refractivity contribution in [1.29, 1.82) is 0 Å². The number of hydrogen-bond donors (Lipinski definition) is 2. The van der Waals surface area contributed by atoms with Crippen LogP contribution >= 0.6 is 0 Å². The monoisotopic (exact) mass is 416 g/mol. The van der Waals surface area contributed by atoms with Crippen LogP contribution in [-0.2, 0) is 8.85 Å². The molecule has 0 aliphatic heterocycles. The van der Waals surface area contributed by atoms with E-state index in [1.807, 2.05) is 0 Å². The molecule has 0 amide bonds. The molecule has 0 heterocycles. The second-order valence-electron chi connectivity index (χ2n) is 8.24. The molecule has 4 nitrogen and oxygen atoms in total. The molecule has 2 N–H and O–H groups in total. The van der Waals surface area contributed by atoms with E-state index in [0.717, 1.165) is 0 Å². The van der Waals surface area contributed by atoms with Gasteiger partial charge in [0, 0.05) is 6.42 Å². The summed E-state index contributed by atoms with van der Waals surface area (Å²) in [4.78, 5) is 20.7. The normalized spacial score (nSPS) is 19.0. The highest BCUT2D eigenvalue weighted by molar-refractivity contribution is 6.79. The Kier molecular flexibility index (Phi) is 7.41. The van der Waals surface area contributed by atoms with Crippen LogP contribution in [-0.4, -0.2) is 51.4 Å². The minimum atomic E-state index is -4.35. The molecule has 0 saturated heterocycles. The van der Waals surface area contributed by atoms with Gasteiger partial charge >= 0.3 is 14.7 Å². The molecule has 0 saturated carbocycles. The predicted molar refractivity (Wildman–Crippen MR) is 100.0 cm³/mol. The molecule has 10 heteroatoms. The van der Waals surface area contributed by atoms with E-state index in [2.05, 4.69) is 5.92 Å². The van der Waals surface area contributed by atoms with Crippen molar-refractivity contribution in [3.63, 3.8) is 0 Å². The van der Waals surface area contributed by atoms with Crippen molar-refractivity contribution in [2.75, 3.05) is 0 Å². The van der Waals surface area contributed by atoms with E-state index in [9.17, 15) is 22.8 Å². The summed E-state index contributed by atoms with van der Waals surface area (Å²) in [5.41, 5.74) is 0. The highest BCUT2D eigenvalue weighted by atomic mass is 28.4. The van der Waals surface area contributed by atoms with Crippen LogP contribution in [0.5, 0.6) is 0 Å². The van der Waals surface area contributed by atoms with E-state index in [1.165, 1.54) is 6.92 Å². The van der Waals surface area contributed by atoms with Crippen LogP contribution in [0.4, 0.5) is 13.2 Å². The topological polar surface area (TPSA) is 58.9 Å². The summed E-state index contributed by atoms with van der Waals surface area (Å²) >= 11 is 0. The Bertz CT molecular complexity index is 506. The van der Waals surface area contributed by atoms with Gasteiger partial charge in [0.25, 0.3) is 0 Å². The number of rotatable bonds is 8. The molecule has 2 atom stereocenters. The van der Waals surface area contributed by atoms with Crippen LogP contribution in [0.1, 0.15) is 27.2 Å². The zero-order valence-electron chi connectivity index (χ0n) is 16.3. The van der Waals surface area contributed by atoms with Gasteiger partial charge in [0.1, 0.15) is 5.22 Å². The van der Waals surface area contributed by atoms with E-state index >= 15 is 0 Å². The summed E-state index contributed by atoms with van der Waals surface area (Å²) < 4.78 is 50.5. The van der Waals surface area contributed by atoms with Crippen molar-refractivity contribution in [1.82, 2.24) is 0 Å². The van der Waals surface area contributed by atoms with Gasteiger partial charge in [0.2, 0.25) is 16.6 Å². The maximum atomic E-state index is 12.9. The van der Waals surface area contributed by atoms with Gasteiger partial charge in [-0.05, 0) is 59.6 Å². The second kappa shape index (κ2) is 7.46. The zero-order valence-corrected chi connectivity index (χ0v) is 19.3. The molecule has 0 rings (SSSR count). The Hall–Kier alpha value is -0.159. The number of terminal acetylenes is 1. The van der Waals surface area contributed by atoms with Crippen molar-refractivity contribution >= 4 is 25.2 Å².